The molecule has 0 radical (unpaired) electrons. The SMILES string of the molecule is CC.CCC1=CCN(C(=O)CCCF)CC1. The van der Waals surface area contributed by atoms with Crippen LogP contribution in [0.4, 0.5) is 4.39 Å². The van der Waals surface area contributed by atoms with Crippen molar-refractivity contribution < 1.29 is 9.18 Å². The number of amides is 1. The molecule has 0 aromatic rings. The number of carbonyl (C=O) groups is 1. The van der Waals surface area contributed by atoms with Gasteiger partial charge in [-0.15, -0.1) is 0 Å². The Morgan fingerprint density at radius 3 is 2.62 bits per heavy atom. The van der Waals surface area contributed by atoms with Crippen LogP contribution in [0.2, 0.25) is 0 Å². The molecule has 0 saturated carbocycles. The van der Waals surface area contributed by atoms with Crippen molar-refractivity contribution in [2.75, 3.05) is 19.8 Å². The van der Waals surface area contributed by atoms with Gasteiger partial charge in [-0.1, -0.05) is 32.4 Å². The molecule has 0 aliphatic carbocycles. The summed E-state index contributed by atoms with van der Waals surface area (Å²) in [5.41, 5.74) is 1.43. The molecule has 94 valence electrons. The van der Waals surface area contributed by atoms with Crippen LogP contribution in [0.3, 0.4) is 0 Å². The van der Waals surface area contributed by atoms with Gasteiger partial charge in [-0.25, -0.2) is 0 Å². The summed E-state index contributed by atoms with van der Waals surface area (Å²) >= 11 is 0. The zero-order valence-electron chi connectivity index (χ0n) is 10.8. The summed E-state index contributed by atoms with van der Waals surface area (Å²) in [5.74, 6) is 0.0917. The maximum atomic E-state index is 11.9. The van der Waals surface area contributed by atoms with Crippen molar-refractivity contribution in [1.82, 2.24) is 4.90 Å². The van der Waals surface area contributed by atoms with E-state index in [0.29, 0.717) is 19.4 Å². The minimum atomic E-state index is -0.393. The Kier molecular flexibility index (Phi) is 8.87. The van der Waals surface area contributed by atoms with Crippen LogP contribution in [0.1, 0.15) is 46.5 Å². The molecule has 0 atom stereocenters. The monoisotopic (exact) mass is 229 g/mol. The van der Waals surface area contributed by atoms with E-state index in [4.69, 9.17) is 0 Å². The van der Waals surface area contributed by atoms with Gasteiger partial charge in [-0.3, -0.25) is 9.18 Å². The van der Waals surface area contributed by atoms with Gasteiger partial charge >= 0.3 is 0 Å². The summed E-state index contributed by atoms with van der Waals surface area (Å²) in [6, 6.07) is 0. The molecule has 0 N–H and O–H groups in total. The molecule has 0 saturated heterocycles. The van der Waals surface area contributed by atoms with Crippen molar-refractivity contribution in [3.8, 4) is 0 Å². The minimum Gasteiger partial charge on any atom is -0.339 e. The highest BCUT2D eigenvalue weighted by molar-refractivity contribution is 5.76. The summed E-state index contributed by atoms with van der Waals surface area (Å²) < 4.78 is 11.9. The Balaban J connectivity index is 0.00000106. The molecule has 0 aromatic heterocycles. The van der Waals surface area contributed by atoms with Gasteiger partial charge in [0, 0.05) is 19.5 Å². The fourth-order valence-electron chi connectivity index (χ4n) is 1.63. The van der Waals surface area contributed by atoms with E-state index in [1.165, 1.54) is 5.57 Å². The number of carbonyl (C=O) groups excluding carboxylic acids is 1. The predicted octanol–water partition coefficient (Wildman–Crippen LogP) is 3.33. The van der Waals surface area contributed by atoms with Crippen molar-refractivity contribution >= 4 is 5.91 Å². The van der Waals surface area contributed by atoms with E-state index in [1.54, 1.807) is 0 Å². The predicted molar refractivity (Wildman–Crippen MR) is 66.1 cm³/mol. The lowest BCUT2D eigenvalue weighted by atomic mass is 10.1. The Morgan fingerprint density at radius 2 is 2.19 bits per heavy atom. The smallest absolute Gasteiger partial charge is 0.222 e. The van der Waals surface area contributed by atoms with Crippen molar-refractivity contribution in [1.29, 1.82) is 0 Å². The van der Waals surface area contributed by atoms with Gasteiger partial charge in [0.15, 0.2) is 0 Å². The molecule has 3 heteroatoms. The number of halogens is 1. The van der Waals surface area contributed by atoms with E-state index in [2.05, 4.69) is 13.0 Å². The fraction of sp³-hybridized carbons (Fsp3) is 0.769. The number of rotatable bonds is 4. The Hall–Kier alpha value is -0.860. The maximum absolute atomic E-state index is 11.9. The molecular weight excluding hydrogens is 205 g/mol. The van der Waals surface area contributed by atoms with E-state index in [9.17, 15) is 9.18 Å². The lowest BCUT2D eigenvalue weighted by molar-refractivity contribution is -0.131. The van der Waals surface area contributed by atoms with Gasteiger partial charge in [0.2, 0.25) is 5.91 Å². The first-order valence-electron chi connectivity index (χ1n) is 6.29. The van der Waals surface area contributed by atoms with E-state index in [1.807, 2.05) is 18.7 Å². The number of hydrogen-bond donors (Lipinski definition) is 0. The van der Waals surface area contributed by atoms with Crippen LogP contribution in [0.5, 0.6) is 0 Å². The quantitative estimate of drug-likeness (QED) is 0.677. The Morgan fingerprint density at radius 1 is 1.50 bits per heavy atom. The number of hydrogen-bond acceptors (Lipinski definition) is 1. The van der Waals surface area contributed by atoms with Gasteiger partial charge in [0.1, 0.15) is 0 Å². The van der Waals surface area contributed by atoms with Gasteiger partial charge in [-0.2, -0.15) is 0 Å². The normalized spacial score (nSPS) is 15.0. The third-order valence-corrected chi connectivity index (χ3v) is 2.63. The summed E-state index contributed by atoms with van der Waals surface area (Å²) in [7, 11) is 0. The van der Waals surface area contributed by atoms with Crippen LogP contribution in [0, 0.1) is 0 Å². The third kappa shape index (κ3) is 5.29. The van der Waals surface area contributed by atoms with Crippen LogP contribution >= 0.6 is 0 Å². The van der Waals surface area contributed by atoms with Crippen LogP contribution < -0.4 is 0 Å². The zero-order valence-corrected chi connectivity index (χ0v) is 10.8. The van der Waals surface area contributed by atoms with Gasteiger partial charge < -0.3 is 4.90 Å². The van der Waals surface area contributed by atoms with Crippen LogP contribution in [-0.2, 0) is 4.79 Å². The third-order valence-electron chi connectivity index (χ3n) is 2.63. The molecule has 1 rings (SSSR count). The van der Waals surface area contributed by atoms with Crippen LogP contribution in [0.25, 0.3) is 0 Å². The summed E-state index contributed by atoms with van der Waals surface area (Å²) in [6.07, 6.45) is 4.90. The number of alkyl halides is 1. The standard InChI is InChI=1S/C11H18FNO.C2H6/c1-2-10-5-8-13(9-6-10)11(14)4-3-7-12;1-2/h5H,2-4,6-9H2,1H3;1-2H3. The topological polar surface area (TPSA) is 20.3 Å². The van der Waals surface area contributed by atoms with Gasteiger partial charge in [-0.05, 0) is 19.3 Å². The highest BCUT2D eigenvalue weighted by atomic mass is 19.1. The molecule has 1 aliphatic heterocycles. The lowest BCUT2D eigenvalue weighted by Crippen LogP contribution is -2.34. The van der Waals surface area contributed by atoms with Crippen molar-refractivity contribution in [3.63, 3.8) is 0 Å². The van der Waals surface area contributed by atoms with Gasteiger partial charge in [0.05, 0.1) is 6.67 Å². The molecule has 0 bridgehead atoms. The van der Waals surface area contributed by atoms with Crippen LogP contribution in [0.15, 0.2) is 11.6 Å². The van der Waals surface area contributed by atoms with Crippen LogP contribution in [-0.4, -0.2) is 30.6 Å². The Labute approximate surface area is 98.5 Å². The molecule has 0 unspecified atom stereocenters. The Bertz CT molecular complexity index is 226. The molecule has 1 heterocycles. The first-order valence-corrected chi connectivity index (χ1v) is 6.29. The average Bonchev–Trinajstić information content (AvgIpc) is 2.38. The van der Waals surface area contributed by atoms with Crippen molar-refractivity contribution in [3.05, 3.63) is 11.6 Å². The second kappa shape index (κ2) is 9.37. The zero-order chi connectivity index (χ0) is 12.4. The highest BCUT2D eigenvalue weighted by Gasteiger charge is 2.15. The summed E-state index contributed by atoms with van der Waals surface area (Å²) in [5, 5.41) is 0. The van der Waals surface area contributed by atoms with E-state index >= 15 is 0 Å². The fourth-order valence-corrected chi connectivity index (χ4v) is 1.63. The van der Waals surface area contributed by atoms with E-state index < -0.39 is 6.67 Å². The molecule has 16 heavy (non-hydrogen) atoms. The molecule has 0 spiro atoms. The minimum absolute atomic E-state index is 0.0917. The second-order valence-electron chi connectivity index (χ2n) is 3.60. The molecule has 0 aromatic carbocycles. The molecule has 0 fully saturated rings. The summed E-state index contributed by atoms with van der Waals surface area (Å²) in [6.45, 7) is 7.27. The first-order chi connectivity index (χ1) is 7.77. The second-order valence-corrected chi connectivity index (χ2v) is 3.60. The van der Waals surface area contributed by atoms with E-state index in [0.717, 1.165) is 19.4 Å². The lowest BCUT2D eigenvalue weighted by Gasteiger charge is -2.26. The summed E-state index contributed by atoms with van der Waals surface area (Å²) in [4.78, 5) is 13.3. The largest absolute Gasteiger partial charge is 0.339 e. The van der Waals surface area contributed by atoms with Crippen molar-refractivity contribution in [2.24, 2.45) is 0 Å². The van der Waals surface area contributed by atoms with Gasteiger partial charge in [0.25, 0.3) is 0 Å². The maximum Gasteiger partial charge on any atom is 0.222 e. The molecule has 1 aliphatic rings. The molecule has 2 nitrogen and oxygen atoms in total. The van der Waals surface area contributed by atoms with Crippen molar-refractivity contribution in [2.45, 2.75) is 46.5 Å². The number of nitrogens with zero attached hydrogens (tertiary/aromatic N) is 1. The molecular formula is C13H24FNO. The highest BCUT2D eigenvalue weighted by Crippen LogP contribution is 2.14. The van der Waals surface area contributed by atoms with E-state index in [-0.39, 0.29) is 5.91 Å². The first kappa shape index (κ1) is 15.1. The average molecular weight is 229 g/mol. The molecule has 1 amide bonds.